The minimum atomic E-state index is -0.927. The molecule has 0 unspecified atom stereocenters. The van der Waals surface area contributed by atoms with Crippen molar-refractivity contribution in [2.75, 3.05) is 0 Å². The van der Waals surface area contributed by atoms with E-state index in [1.54, 1.807) is 16.9 Å². The van der Waals surface area contributed by atoms with Crippen LogP contribution in [0, 0.1) is 0 Å². The highest BCUT2D eigenvalue weighted by molar-refractivity contribution is 9.10. The molecule has 0 fully saturated rings. The minimum Gasteiger partial charge on any atom is -0.481 e. The Labute approximate surface area is 122 Å². The molecule has 7 nitrogen and oxygen atoms in total. The van der Waals surface area contributed by atoms with Crippen LogP contribution in [0.1, 0.15) is 5.69 Å². The van der Waals surface area contributed by atoms with Crippen LogP contribution in [0.3, 0.4) is 0 Å². The number of fused-ring (bicyclic) bond motifs is 1. The van der Waals surface area contributed by atoms with Crippen molar-refractivity contribution in [3.8, 4) is 11.4 Å². The predicted molar refractivity (Wildman–Crippen MR) is 74.2 cm³/mol. The predicted octanol–water partition coefficient (Wildman–Crippen LogP) is 1.52. The largest absolute Gasteiger partial charge is 0.481 e. The summed E-state index contributed by atoms with van der Waals surface area (Å²) >= 11 is 3.35. The molecule has 0 aliphatic carbocycles. The van der Waals surface area contributed by atoms with E-state index in [0.29, 0.717) is 16.1 Å². The summed E-state index contributed by atoms with van der Waals surface area (Å²) in [6, 6.07) is 3.71. The summed E-state index contributed by atoms with van der Waals surface area (Å²) in [7, 11) is 1.84. The smallest absolute Gasteiger partial charge is 0.309 e. The zero-order valence-electron chi connectivity index (χ0n) is 10.5. The standard InChI is InChI=1S/C12H10BrN5O2/c1-17-11(7-2-4-14-5-3-7)16-18-10(13)8(6-9(19)20)15-12(17)18/h2-5H,6H2,1H3,(H,19,20). The van der Waals surface area contributed by atoms with Crippen molar-refractivity contribution in [2.24, 2.45) is 7.05 Å². The number of aromatic nitrogens is 5. The van der Waals surface area contributed by atoms with Gasteiger partial charge in [0.15, 0.2) is 5.82 Å². The third-order valence-electron chi connectivity index (χ3n) is 2.92. The lowest BCUT2D eigenvalue weighted by molar-refractivity contribution is -0.136. The summed E-state index contributed by atoms with van der Waals surface area (Å²) in [5, 5.41) is 13.3. The van der Waals surface area contributed by atoms with Crippen LogP contribution in [0.5, 0.6) is 0 Å². The molecule has 0 saturated carbocycles. The first kappa shape index (κ1) is 12.8. The molecule has 0 atom stereocenters. The molecule has 0 bridgehead atoms. The van der Waals surface area contributed by atoms with E-state index in [9.17, 15) is 4.79 Å². The van der Waals surface area contributed by atoms with Crippen LogP contribution in [-0.2, 0) is 18.3 Å². The Kier molecular flexibility index (Phi) is 3.01. The number of aliphatic carboxylic acids is 1. The van der Waals surface area contributed by atoms with Crippen molar-refractivity contribution in [1.29, 1.82) is 0 Å². The lowest BCUT2D eigenvalue weighted by Crippen LogP contribution is -2.02. The Morgan fingerprint density at radius 1 is 1.40 bits per heavy atom. The normalized spacial score (nSPS) is 11.1. The van der Waals surface area contributed by atoms with Crippen molar-refractivity contribution < 1.29 is 9.90 Å². The van der Waals surface area contributed by atoms with Gasteiger partial charge in [-0.05, 0) is 28.1 Å². The average molecular weight is 336 g/mol. The zero-order valence-corrected chi connectivity index (χ0v) is 12.1. The average Bonchev–Trinajstić information content (AvgIpc) is 2.90. The fourth-order valence-electron chi connectivity index (χ4n) is 1.99. The molecule has 0 aromatic carbocycles. The Balaban J connectivity index is 2.15. The van der Waals surface area contributed by atoms with Gasteiger partial charge in [0.2, 0.25) is 5.78 Å². The topological polar surface area (TPSA) is 85.3 Å². The first-order chi connectivity index (χ1) is 9.58. The van der Waals surface area contributed by atoms with Gasteiger partial charge < -0.3 is 5.11 Å². The third-order valence-corrected chi connectivity index (χ3v) is 3.71. The van der Waals surface area contributed by atoms with E-state index in [2.05, 4.69) is 31.0 Å². The van der Waals surface area contributed by atoms with Gasteiger partial charge in [-0.2, -0.15) is 4.52 Å². The summed E-state index contributed by atoms with van der Waals surface area (Å²) < 4.78 is 3.96. The first-order valence-electron chi connectivity index (χ1n) is 5.80. The Morgan fingerprint density at radius 2 is 2.10 bits per heavy atom. The molecule has 3 rings (SSSR count). The fourth-order valence-corrected chi connectivity index (χ4v) is 2.46. The van der Waals surface area contributed by atoms with Gasteiger partial charge in [-0.3, -0.25) is 14.3 Å². The van der Waals surface area contributed by atoms with Gasteiger partial charge in [-0.15, -0.1) is 5.10 Å². The highest BCUT2D eigenvalue weighted by Crippen LogP contribution is 2.23. The van der Waals surface area contributed by atoms with E-state index in [-0.39, 0.29) is 6.42 Å². The molecule has 3 aromatic rings. The van der Waals surface area contributed by atoms with Crippen molar-refractivity contribution in [1.82, 2.24) is 24.1 Å². The Morgan fingerprint density at radius 3 is 2.70 bits per heavy atom. The van der Waals surface area contributed by atoms with Gasteiger partial charge in [0, 0.05) is 25.0 Å². The first-order valence-corrected chi connectivity index (χ1v) is 6.59. The maximum Gasteiger partial charge on any atom is 0.309 e. The molecule has 102 valence electrons. The van der Waals surface area contributed by atoms with Crippen LogP contribution in [-0.4, -0.2) is 35.2 Å². The Bertz CT molecular complexity index is 793. The quantitative estimate of drug-likeness (QED) is 0.784. The van der Waals surface area contributed by atoms with Crippen LogP contribution in [0.4, 0.5) is 0 Å². The minimum absolute atomic E-state index is 0.144. The summed E-state index contributed by atoms with van der Waals surface area (Å²) in [6.45, 7) is 0. The highest BCUT2D eigenvalue weighted by atomic mass is 79.9. The zero-order chi connectivity index (χ0) is 14.3. The van der Waals surface area contributed by atoms with Gasteiger partial charge in [0.1, 0.15) is 4.60 Å². The summed E-state index contributed by atoms with van der Waals surface area (Å²) in [6.07, 6.45) is 3.24. The number of pyridine rings is 1. The number of nitrogens with zero attached hydrogens (tertiary/aromatic N) is 5. The van der Waals surface area contributed by atoms with Crippen molar-refractivity contribution in [2.45, 2.75) is 6.42 Å². The lowest BCUT2D eigenvalue weighted by atomic mass is 10.2. The van der Waals surface area contributed by atoms with E-state index >= 15 is 0 Å². The molecular formula is C12H10BrN5O2. The molecule has 0 aliphatic rings. The second-order valence-electron chi connectivity index (χ2n) is 4.25. The van der Waals surface area contributed by atoms with Gasteiger partial charge >= 0.3 is 5.97 Å². The van der Waals surface area contributed by atoms with E-state index in [1.165, 1.54) is 0 Å². The lowest BCUT2D eigenvalue weighted by Gasteiger charge is -1.99. The van der Waals surface area contributed by atoms with Crippen LogP contribution in [0.2, 0.25) is 0 Å². The molecule has 0 radical (unpaired) electrons. The SMILES string of the molecule is Cn1c(-c2ccncc2)nn2c(Br)c(CC(=O)O)nc12. The fraction of sp³-hybridized carbons (Fsp3) is 0.167. The van der Waals surface area contributed by atoms with Gasteiger partial charge in [-0.1, -0.05) is 0 Å². The maximum absolute atomic E-state index is 10.8. The van der Waals surface area contributed by atoms with Crippen LogP contribution in [0.15, 0.2) is 29.1 Å². The number of carboxylic acids is 1. The number of carboxylic acid groups (broad SMARTS) is 1. The van der Waals surface area contributed by atoms with E-state index in [0.717, 1.165) is 11.4 Å². The second-order valence-corrected chi connectivity index (χ2v) is 5.00. The molecule has 0 spiro atoms. The third kappa shape index (κ3) is 1.97. The van der Waals surface area contributed by atoms with Crippen LogP contribution in [0.25, 0.3) is 17.2 Å². The second kappa shape index (κ2) is 4.71. The number of imidazole rings is 1. The van der Waals surface area contributed by atoms with Crippen LogP contribution < -0.4 is 0 Å². The maximum atomic E-state index is 10.8. The number of hydrogen-bond donors (Lipinski definition) is 1. The monoisotopic (exact) mass is 335 g/mol. The van der Waals surface area contributed by atoms with Gasteiger partial charge in [0.25, 0.3) is 0 Å². The molecule has 0 saturated heterocycles. The number of carbonyl (C=O) groups is 1. The number of rotatable bonds is 3. The molecular weight excluding hydrogens is 326 g/mol. The molecule has 20 heavy (non-hydrogen) atoms. The Hall–Kier alpha value is -2.22. The molecule has 1 N–H and O–H groups in total. The van der Waals surface area contributed by atoms with E-state index in [1.807, 2.05) is 23.7 Å². The number of hydrogen-bond acceptors (Lipinski definition) is 4. The molecule has 0 aliphatic heterocycles. The molecule has 3 aromatic heterocycles. The van der Waals surface area contributed by atoms with Crippen molar-refractivity contribution >= 4 is 27.7 Å². The molecule has 3 heterocycles. The summed E-state index contributed by atoms with van der Waals surface area (Å²) in [4.78, 5) is 19.1. The van der Waals surface area contributed by atoms with E-state index < -0.39 is 5.97 Å². The van der Waals surface area contributed by atoms with Crippen LogP contribution >= 0.6 is 15.9 Å². The van der Waals surface area contributed by atoms with Gasteiger partial charge in [-0.25, -0.2) is 4.98 Å². The molecule has 8 heteroatoms. The van der Waals surface area contributed by atoms with Crippen molar-refractivity contribution in [3.63, 3.8) is 0 Å². The number of aryl methyl sites for hydroxylation is 1. The van der Waals surface area contributed by atoms with Gasteiger partial charge in [0.05, 0.1) is 12.1 Å². The highest BCUT2D eigenvalue weighted by Gasteiger charge is 2.19. The van der Waals surface area contributed by atoms with E-state index in [4.69, 9.17) is 5.11 Å². The molecule has 0 amide bonds. The summed E-state index contributed by atoms with van der Waals surface area (Å²) in [5.41, 5.74) is 1.37. The summed E-state index contributed by atoms with van der Waals surface area (Å²) in [5.74, 6) is 0.390. The number of halogens is 1. The van der Waals surface area contributed by atoms with Crippen molar-refractivity contribution in [3.05, 3.63) is 34.8 Å².